The van der Waals surface area contributed by atoms with Gasteiger partial charge in [-0.25, -0.2) is 9.13 Å². The van der Waals surface area contributed by atoms with E-state index in [2.05, 4.69) is 55.4 Å². The second-order valence-corrected chi connectivity index (χ2v) is 32.3. The molecule has 0 radical (unpaired) electrons. The van der Waals surface area contributed by atoms with Crippen molar-refractivity contribution in [3.8, 4) is 0 Å². The van der Waals surface area contributed by atoms with Crippen LogP contribution in [-0.2, 0) is 65.4 Å². The number of aliphatic hydroxyl groups is 1. The maximum Gasteiger partial charge on any atom is 0.472 e. The average Bonchev–Trinajstić information content (AvgIpc) is 1.30. The summed E-state index contributed by atoms with van der Waals surface area (Å²) in [6.07, 6.45) is 51.5. The maximum absolute atomic E-state index is 13.1. The van der Waals surface area contributed by atoms with Gasteiger partial charge >= 0.3 is 39.5 Å². The Bertz CT molecular complexity index is 1890. The van der Waals surface area contributed by atoms with Gasteiger partial charge in [-0.3, -0.25) is 37.3 Å². The maximum atomic E-state index is 13.1. The Balaban J connectivity index is 5.19. The van der Waals surface area contributed by atoms with Gasteiger partial charge in [0, 0.05) is 25.7 Å². The first-order valence-electron chi connectivity index (χ1n) is 39.7. The van der Waals surface area contributed by atoms with Crippen LogP contribution in [0.25, 0.3) is 0 Å². The summed E-state index contributed by atoms with van der Waals surface area (Å²) in [4.78, 5) is 72.8. The number of carbonyl (C=O) groups is 4. The molecule has 6 atom stereocenters. The summed E-state index contributed by atoms with van der Waals surface area (Å²) in [6, 6.07) is 0. The largest absolute Gasteiger partial charge is 0.472 e. The second-order valence-electron chi connectivity index (χ2n) is 29.4. The standard InChI is InChI=1S/C77H150O17P2/c1-9-70(8)56-48-40-31-27-28-34-44-52-60-77(82)94-72(63-87-74(79)57-49-41-32-25-21-17-13-11-10-12-15-19-23-29-37-45-53-67(2)3)65-91-95(83,84)89-61-71(78)62-90-96(85,86)92-66-73(64-88-75(80)58-50-42-36-35-39-47-55-69(6)7)93-76(81)59-51-43-33-26-22-18-14-16-20-24-30-38-46-54-68(4)5/h67-73,78H,9-66H2,1-8H3,(H,83,84)(H,85,86)/t70?,71-,72-,73-/m1/s1. The van der Waals surface area contributed by atoms with Gasteiger partial charge in [0.1, 0.15) is 19.3 Å². The Morgan fingerprint density at radius 3 is 0.740 bits per heavy atom. The number of rotatable bonds is 74. The Morgan fingerprint density at radius 2 is 0.500 bits per heavy atom. The fraction of sp³-hybridized carbons (Fsp3) is 0.948. The van der Waals surface area contributed by atoms with Gasteiger partial charge in [-0.1, -0.05) is 338 Å². The van der Waals surface area contributed by atoms with E-state index in [0.29, 0.717) is 31.6 Å². The van der Waals surface area contributed by atoms with E-state index >= 15 is 0 Å². The third-order valence-electron chi connectivity index (χ3n) is 18.2. The summed E-state index contributed by atoms with van der Waals surface area (Å²) in [6.45, 7) is 14.2. The number of carbonyl (C=O) groups excluding carboxylic acids is 4. The second kappa shape index (κ2) is 66.3. The average molecular weight is 1410 g/mol. The molecular weight excluding hydrogens is 1260 g/mol. The van der Waals surface area contributed by atoms with E-state index in [9.17, 15) is 43.2 Å². The number of phosphoric ester groups is 2. The molecule has 0 aliphatic rings. The van der Waals surface area contributed by atoms with Gasteiger partial charge in [-0.05, 0) is 49.4 Å². The zero-order chi connectivity index (χ0) is 71.0. The van der Waals surface area contributed by atoms with Crippen LogP contribution in [0.5, 0.6) is 0 Å². The lowest BCUT2D eigenvalue weighted by Crippen LogP contribution is -2.30. The summed E-state index contributed by atoms with van der Waals surface area (Å²) >= 11 is 0. The molecule has 0 spiro atoms. The predicted molar refractivity (Wildman–Crippen MR) is 391 cm³/mol. The van der Waals surface area contributed by atoms with Crippen LogP contribution in [0.3, 0.4) is 0 Å². The van der Waals surface area contributed by atoms with Crippen molar-refractivity contribution in [3.63, 3.8) is 0 Å². The van der Waals surface area contributed by atoms with E-state index in [1.165, 1.54) is 186 Å². The van der Waals surface area contributed by atoms with Crippen molar-refractivity contribution < 1.29 is 80.2 Å². The Hall–Kier alpha value is -1.94. The lowest BCUT2D eigenvalue weighted by Gasteiger charge is -2.21. The number of unbranched alkanes of at least 4 members (excludes halogenated alkanes) is 39. The Morgan fingerprint density at radius 1 is 0.292 bits per heavy atom. The molecule has 0 saturated carbocycles. The number of ether oxygens (including phenoxy) is 4. The number of hydrogen-bond acceptors (Lipinski definition) is 15. The van der Waals surface area contributed by atoms with E-state index in [-0.39, 0.29) is 25.7 Å². The molecule has 0 bridgehead atoms. The first-order valence-corrected chi connectivity index (χ1v) is 42.7. The van der Waals surface area contributed by atoms with Gasteiger partial charge in [-0.15, -0.1) is 0 Å². The third kappa shape index (κ3) is 69.2. The van der Waals surface area contributed by atoms with Crippen LogP contribution < -0.4 is 0 Å². The van der Waals surface area contributed by atoms with Crippen LogP contribution in [0.4, 0.5) is 0 Å². The van der Waals surface area contributed by atoms with Crippen molar-refractivity contribution in [1.82, 2.24) is 0 Å². The van der Waals surface area contributed by atoms with Crippen LogP contribution in [0.2, 0.25) is 0 Å². The van der Waals surface area contributed by atoms with Crippen LogP contribution in [0, 0.1) is 23.7 Å². The van der Waals surface area contributed by atoms with Crippen LogP contribution in [0.15, 0.2) is 0 Å². The number of hydrogen-bond donors (Lipinski definition) is 3. The van der Waals surface area contributed by atoms with Crippen LogP contribution in [-0.4, -0.2) is 96.7 Å². The van der Waals surface area contributed by atoms with E-state index in [1.54, 1.807) is 0 Å². The normalized spacial score (nSPS) is 14.4. The molecule has 3 unspecified atom stereocenters. The highest BCUT2D eigenvalue weighted by molar-refractivity contribution is 7.47. The molecule has 0 fully saturated rings. The van der Waals surface area contributed by atoms with Gasteiger partial charge in [0.15, 0.2) is 12.2 Å². The van der Waals surface area contributed by atoms with Crippen LogP contribution in [0.1, 0.15) is 389 Å². The molecule has 0 amide bonds. The molecule has 0 aromatic heterocycles. The van der Waals surface area contributed by atoms with Gasteiger partial charge in [0.2, 0.25) is 0 Å². The highest BCUT2D eigenvalue weighted by Gasteiger charge is 2.30. The highest BCUT2D eigenvalue weighted by Crippen LogP contribution is 2.45. The number of phosphoric acid groups is 2. The molecule has 0 rings (SSSR count). The smallest absolute Gasteiger partial charge is 0.462 e. The molecule has 0 aromatic carbocycles. The van der Waals surface area contributed by atoms with Crippen molar-refractivity contribution in [1.29, 1.82) is 0 Å². The summed E-state index contributed by atoms with van der Waals surface area (Å²) in [5, 5.41) is 10.6. The number of aliphatic hydroxyl groups excluding tert-OH is 1. The lowest BCUT2D eigenvalue weighted by molar-refractivity contribution is -0.161. The molecule has 0 saturated heterocycles. The summed E-state index contributed by atoms with van der Waals surface area (Å²) in [5.41, 5.74) is 0. The molecule has 3 N–H and O–H groups in total. The van der Waals surface area contributed by atoms with Gasteiger partial charge in [0.25, 0.3) is 0 Å². The molecule has 0 aliphatic heterocycles. The fourth-order valence-corrected chi connectivity index (χ4v) is 13.3. The van der Waals surface area contributed by atoms with Crippen molar-refractivity contribution >= 4 is 39.5 Å². The van der Waals surface area contributed by atoms with Gasteiger partial charge in [0.05, 0.1) is 26.4 Å². The summed E-state index contributed by atoms with van der Waals surface area (Å²) in [5.74, 6) is 0.925. The third-order valence-corrected chi connectivity index (χ3v) is 20.1. The zero-order valence-corrected chi connectivity index (χ0v) is 64.8. The molecule has 96 heavy (non-hydrogen) atoms. The first-order chi connectivity index (χ1) is 46.1. The molecule has 17 nitrogen and oxygen atoms in total. The summed E-state index contributed by atoms with van der Waals surface area (Å²) in [7, 11) is -9.91. The quantitative estimate of drug-likeness (QED) is 0.0222. The van der Waals surface area contributed by atoms with E-state index in [0.717, 1.165) is 114 Å². The van der Waals surface area contributed by atoms with Crippen LogP contribution >= 0.6 is 15.6 Å². The number of esters is 4. The lowest BCUT2D eigenvalue weighted by atomic mass is 9.99. The van der Waals surface area contributed by atoms with Crippen molar-refractivity contribution in [2.45, 2.75) is 408 Å². The minimum Gasteiger partial charge on any atom is -0.462 e. The van der Waals surface area contributed by atoms with Gasteiger partial charge < -0.3 is 33.8 Å². The first kappa shape index (κ1) is 94.1. The van der Waals surface area contributed by atoms with Crippen molar-refractivity contribution in [3.05, 3.63) is 0 Å². The highest BCUT2D eigenvalue weighted by atomic mass is 31.2. The molecule has 0 heterocycles. The minimum absolute atomic E-state index is 0.105. The monoisotopic (exact) mass is 1410 g/mol. The fourth-order valence-electron chi connectivity index (χ4n) is 11.7. The molecule has 570 valence electrons. The molecule has 19 heteroatoms. The predicted octanol–water partition coefficient (Wildman–Crippen LogP) is 22.4. The Labute approximate surface area is 588 Å². The zero-order valence-electron chi connectivity index (χ0n) is 63.0. The van der Waals surface area contributed by atoms with E-state index in [1.807, 2.05) is 0 Å². The Kier molecular flexibility index (Phi) is 65.0. The summed E-state index contributed by atoms with van der Waals surface area (Å²) < 4.78 is 68.5. The SMILES string of the molecule is CCC(C)CCCCCCCCCCC(=O)O[C@H](COC(=O)CCCCCCCCCCCCCCCCCCC(C)C)COP(=O)(O)OC[C@@H](O)COP(=O)(O)OC[C@@H](COC(=O)CCCCCCCCC(C)C)OC(=O)CCCCCCCCCCCCCCCC(C)C. The van der Waals surface area contributed by atoms with Gasteiger partial charge in [-0.2, -0.15) is 0 Å². The minimum atomic E-state index is -4.96. The van der Waals surface area contributed by atoms with E-state index in [4.69, 9.17) is 37.0 Å². The topological polar surface area (TPSA) is 237 Å². The molecule has 0 aromatic rings. The molecular formula is C77H150O17P2. The van der Waals surface area contributed by atoms with E-state index < -0.39 is 97.5 Å². The van der Waals surface area contributed by atoms with Crippen molar-refractivity contribution in [2.75, 3.05) is 39.6 Å². The van der Waals surface area contributed by atoms with Crippen molar-refractivity contribution in [2.24, 2.45) is 23.7 Å². The molecule has 0 aliphatic carbocycles.